The van der Waals surface area contributed by atoms with Crippen LogP contribution in [-0.4, -0.2) is 16.5 Å². The first-order chi connectivity index (χ1) is 15.3. The molecule has 1 aliphatic rings. The fourth-order valence-electron chi connectivity index (χ4n) is 5.46. The van der Waals surface area contributed by atoms with Crippen LogP contribution in [0.15, 0.2) is 24.3 Å². The Morgan fingerprint density at radius 3 is 1.67 bits per heavy atom. The van der Waals surface area contributed by atoms with Crippen molar-refractivity contribution in [1.82, 2.24) is 0 Å². The van der Waals surface area contributed by atoms with Gasteiger partial charge in [-0.05, 0) is 80.7 Å². The van der Waals surface area contributed by atoms with Crippen LogP contribution in [0.5, 0.6) is 0 Å². The summed E-state index contributed by atoms with van der Waals surface area (Å²) >= 11 is 0. The van der Waals surface area contributed by atoms with Crippen LogP contribution in [-0.2, 0) is 9.98 Å². The molecule has 2 aromatic carbocycles. The van der Waals surface area contributed by atoms with Crippen molar-refractivity contribution in [2.45, 2.75) is 98.1 Å². The highest BCUT2D eigenvalue weighted by atomic mass is 31.1. The first kappa shape index (κ1) is 25.5. The zero-order valence-corrected chi connectivity index (χ0v) is 22.4. The third-order valence-corrected chi connectivity index (χ3v) is 9.21. The summed E-state index contributed by atoms with van der Waals surface area (Å²) in [6.45, 7) is 16.2. The van der Waals surface area contributed by atoms with Crippen LogP contribution in [0.25, 0.3) is 0 Å². The molecule has 176 valence electrons. The van der Waals surface area contributed by atoms with Gasteiger partial charge in [0.2, 0.25) is 10.9 Å². The average molecular weight is 466 g/mol. The van der Waals surface area contributed by atoms with Crippen LogP contribution in [0, 0.1) is 34.6 Å². The Bertz CT molecular complexity index is 1080. The van der Waals surface area contributed by atoms with Gasteiger partial charge in [0.1, 0.15) is 0 Å². The molecule has 1 aliphatic carbocycles. The van der Waals surface area contributed by atoms with Gasteiger partial charge in [0.15, 0.2) is 0 Å². The second-order valence-corrected chi connectivity index (χ2v) is 12.9. The lowest BCUT2D eigenvalue weighted by molar-refractivity contribution is 0.0902. The molecule has 0 radical (unpaired) electrons. The van der Waals surface area contributed by atoms with Gasteiger partial charge in [-0.25, -0.2) is 4.79 Å². The summed E-state index contributed by atoms with van der Waals surface area (Å²) in [5.74, 6) is -0.102. The lowest BCUT2D eigenvalue weighted by Gasteiger charge is -2.28. The average Bonchev–Trinajstić information content (AvgIpc) is 2.71. The van der Waals surface area contributed by atoms with Gasteiger partial charge in [0.05, 0.1) is 5.56 Å². The number of carbonyl (C=O) groups excluding carboxylic acids is 2. The maximum absolute atomic E-state index is 14.2. The monoisotopic (exact) mass is 465 g/mol. The molecule has 1 atom stereocenters. The predicted octanol–water partition coefficient (Wildman–Crippen LogP) is 8.08. The molecule has 1 fully saturated rings. The van der Waals surface area contributed by atoms with E-state index in [1.54, 1.807) is 0 Å². The van der Waals surface area contributed by atoms with Crippen LogP contribution in [0.2, 0.25) is 0 Å². The largest absolute Gasteiger partial charge is 0.434 e. The second-order valence-electron chi connectivity index (χ2n) is 11.0. The van der Waals surface area contributed by atoms with Crippen molar-refractivity contribution >= 4 is 19.1 Å². The lowest BCUT2D eigenvalue weighted by Crippen LogP contribution is -2.39. The molecule has 3 nitrogen and oxygen atoms in total. The third-order valence-electron chi connectivity index (χ3n) is 7.19. The van der Waals surface area contributed by atoms with Crippen molar-refractivity contribution in [2.75, 3.05) is 0 Å². The number of aryl methyl sites for hydroxylation is 5. The fourth-order valence-corrected chi connectivity index (χ4v) is 7.42. The Morgan fingerprint density at radius 1 is 0.758 bits per heavy atom. The van der Waals surface area contributed by atoms with Crippen molar-refractivity contribution in [3.8, 4) is 0 Å². The SMILES string of the molecule is Cc1cc(C)c(C(=O)[P+](=O)C2(C(=O)c3c(C)cc(C(C)(C)C)cc3C)CCCCC2)c(C)c1. The number of rotatable bonds is 5. The van der Waals surface area contributed by atoms with Gasteiger partial charge in [0.25, 0.3) is 0 Å². The minimum Gasteiger partial charge on any atom is -0.289 e. The fraction of sp³-hybridized carbons (Fsp3) is 0.517. The third kappa shape index (κ3) is 4.76. The van der Waals surface area contributed by atoms with Crippen LogP contribution in [0.1, 0.15) is 107 Å². The Morgan fingerprint density at radius 2 is 1.21 bits per heavy atom. The molecule has 1 saturated carbocycles. The van der Waals surface area contributed by atoms with E-state index in [1.807, 2.05) is 46.8 Å². The van der Waals surface area contributed by atoms with Crippen molar-refractivity contribution < 1.29 is 14.2 Å². The first-order valence-corrected chi connectivity index (χ1v) is 13.3. The van der Waals surface area contributed by atoms with E-state index in [0.29, 0.717) is 24.0 Å². The van der Waals surface area contributed by atoms with E-state index in [0.717, 1.165) is 47.1 Å². The quantitative estimate of drug-likeness (QED) is 0.331. The minimum absolute atomic E-state index is 0.0266. The van der Waals surface area contributed by atoms with E-state index in [9.17, 15) is 14.2 Å². The van der Waals surface area contributed by atoms with Gasteiger partial charge in [0, 0.05) is 18.4 Å². The first-order valence-electron chi connectivity index (χ1n) is 12.1. The highest BCUT2D eigenvalue weighted by Crippen LogP contribution is 2.53. The molecule has 0 amide bonds. The molecule has 0 aromatic heterocycles. The van der Waals surface area contributed by atoms with Crippen molar-refractivity contribution in [3.63, 3.8) is 0 Å². The van der Waals surface area contributed by atoms with Gasteiger partial charge in [-0.15, -0.1) is 0 Å². The zero-order valence-electron chi connectivity index (χ0n) is 21.5. The maximum atomic E-state index is 14.2. The molecular weight excluding hydrogens is 427 g/mol. The molecule has 0 N–H and O–H groups in total. The maximum Gasteiger partial charge on any atom is 0.434 e. The molecule has 0 bridgehead atoms. The molecule has 3 rings (SSSR count). The van der Waals surface area contributed by atoms with Gasteiger partial charge in [-0.3, -0.25) is 4.79 Å². The number of ketones is 1. The van der Waals surface area contributed by atoms with Crippen LogP contribution >= 0.6 is 7.80 Å². The highest BCUT2D eigenvalue weighted by Gasteiger charge is 2.60. The summed E-state index contributed by atoms with van der Waals surface area (Å²) in [6, 6.07) is 8.08. The Kier molecular flexibility index (Phi) is 7.16. The smallest absolute Gasteiger partial charge is 0.289 e. The molecule has 0 heterocycles. The molecule has 33 heavy (non-hydrogen) atoms. The summed E-state index contributed by atoms with van der Waals surface area (Å²) in [5.41, 5.74) is 6.53. The number of hydrogen-bond donors (Lipinski definition) is 0. The summed E-state index contributed by atoms with van der Waals surface area (Å²) in [4.78, 5) is 27.8. The van der Waals surface area contributed by atoms with Gasteiger partial charge in [-0.2, -0.15) is 0 Å². The molecular formula is C29H38O3P+. The Balaban J connectivity index is 2.12. The standard InChI is InChI=1S/C29H38O3P/c1-18-14-19(2)25(20(3)15-18)27(31)33(32)29(12-10-9-11-13-29)26(30)24-21(4)16-23(17-22(24)5)28(6,7)8/h14-17H,9-13H2,1-8H3/q+1. The predicted molar refractivity (Wildman–Crippen MR) is 137 cm³/mol. The number of Topliss-reactive ketones (excluding diaryl/α,β-unsaturated/α-hetero) is 1. The second kappa shape index (κ2) is 9.26. The number of hydrogen-bond acceptors (Lipinski definition) is 3. The molecule has 0 spiro atoms. The number of carbonyl (C=O) groups is 2. The van der Waals surface area contributed by atoms with Crippen molar-refractivity contribution in [2.24, 2.45) is 0 Å². The summed E-state index contributed by atoms with van der Waals surface area (Å²) in [5, 5.41) is -1.12. The van der Waals surface area contributed by atoms with Gasteiger partial charge < -0.3 is 0 Å². The normalized spacial score (nSPS) is 16.4. The molecule has 0 aliphatic heterocycles. The summed E-state index contributed by atoms with van der Waals surface area (Å²) in [7, 11) is -2.42. The Labute approximate surface area is 200 Å². The molecule has 1 unspecified atom stereocenters. The molecule has 4 heteroatoms. The molecule has 2 aromatic rings. The van der Waals surface area contributed by atoms with Gasteiger partial charge >= 0.3 is 13.3 Å². The van der Waals surface area contributed by atoms with Gasteiger partial charge in [-0.1, -0.05) is 61.6 Å². The van der Waals surface area contributed by atoms with E-state index in [4.69, 9.17) is 0 Å². The lowest BCUT2D eigenvalue weighted by atomic mass is 9.78. The van der Waals surface area contributed by atoms with Crippen LogP contribution in [0.4, 0.5) is 0 Å². The number of benzene rings is 2. The van der Waals surface area contributed by atoms with Crippen LogP contribution in [0.3, 0.4) is 0 Å². The van der Waals surface area contributed by atoms with E-state index in [1.165, 1.54) is 5.56 Å². The topological polar surface area (TPSA) is 51.2 Å². The van der Waals surface area contributed by atoms with E-state index in [-0.39, 0.29) is 16.7 Å². The minimum atomic E-state index is -2.42. The van der Waals surface area contributed by atoms with E-state index >= 15 is 0 Å². The van der Waals surface area contributed by atoms with Crippen molar-refractivity contribution in [3.05, 3.63) is 68.8 Å². The van der Waals surface area contributed by atoms with E-state index in [2.05, 4.69) is 32.9 Å². The summed E-state index contributed by atoms with van der Waals surface area (Å²) in [6.07, 6.45) is 3.68. The van der Waals surface area contributed by atoms with Crippen molar-refractivity contribution in [1.29, 1.82) is 0 Å². The zero-order chi connectivity index (χ0) is 24.7. The van der Waals surface area contributed by atoms with Crippen LogP contribution < -0.4 is 0 Å². The highest BCUT2D eigenvalue weighted by molar-refractivity contribution is 7.67. The summed E-state index contributed by atoms with van der Waals surface area (Å²) < 4.78 is 14.1. The molecule has 0 saturated heterocycles. The van der Waals surface area contributed by atoms with E-state index < -0.39 is 13.0 Å². The Hall–Kier alpha value is -2.12.